The van der Waals surface area contributed by atoms with Gasteiger partial charge in [0.15, 0.2) is 0 Å². The van der Waals surface area contributed by atoms with Crippen molar-refractivity contribution in [3.8, 4) is 5.75 Å². The highest BCUT2D eigenvalue weighted by Crippen LogP contribution is 2.22. The van der Waals surface area contributed by atoms with Crippen molar-refractivity contribution in [2.75, 3.05) is 20.2 Å². The van der Waals surface area contributed by atoms with Gasteiger partial charge in [-0.25, -0.2) is 0 Å². The van der Waals surface area contributed by atoms with Crippen LogP contribution in [0.5, 0.6) is 5.75 Å². The summed E-state index contributed by atoms with van der Waals surface area (Å²) in [7, 11) is 1.65. The van der Waals surface area contributed by atoms with Gasteiger partial charge in [-0.3, -0.25) is 4.79 Å². The molecule has 1 amide bonds. The molecule has 1 aliphatic rings. The van der Waals surface area contributed by atoms with Crippen molar-refractivity contribution >= 4 is 5.91 Å². The first-order chi connectivity index (χ1) is 11.7. The van der Waals surface area contributed by atoms with E-state index in [0.717, 1.165) is 43.7 Å². The number of amides is 1. The minimum atomic E-state index is 0.224. The molecule has 1 heterocycles. The minimum absolute atomic E-state index is 0.224. The summed E-state index contributed by atoms with van der Waals surface area (Å²) in [5.74, 6) is 1.72. The lowest BCUT2D eigenvalue weighted by molar-refractivity contribution is -0.131. The number of hydrogen-bond acceptors (Lipinski definition) is 2. The molecule has 0 aliphatic carbocycles. The summed E-state index contributed by atoms with van der Waals surface area (Å²) in [4.78, 5) is 14.5. The van der Waals surface area contributed by atoms with Crippen molar-refractivity contribution in [1.82, 2.24) is 4.90 Å². The van der Waals surface area contributed by atoms with E-state index in [9.17, 15) is 4.79 Å². The number of carbonyl (C=O) groups is 1. The van der Waals surface area contributed by atoms with Crippen LogP contribution in [-0.2, 0) is 17.6 Å². The van der Waals surface area contributed by atoms with Gasteiger partial charge in [-0.15, -0.1) is 0 Å². The minimum Gasteiger partial charge on any atom is -0.497 e. The molecule has 0 radical (unpaired) electrons. The molecule has 3 heteroatoms. The molecule has 0 aromatic heterocycles. The van der Waals surface area contributed by atoms with E-state index in [-0.39, 0.29) is 5.91 Å². The van der Waals surface area contributed by atoms with Gasteiger partial charge in [0, 0.05) is 13.1 Å². The highest BCUT2D eigenvalue weighted by atomic mass is 16.5. The summed E-state index contributed by atoms with van der Waals surface area (Å²) in [6, 6.07) is 18.4. The third-order valence-electron chi connectivity index (χ3n) is 4.82. The average molecular weight is 323 g/mol. The molecule has 0 bridgehead atoms. The standard InChI is InChI=1S/C21H25NO2/c1-24-20-9-5-8-19(15-20)16-21(23)22-12-10-18(11-13-22)14-17-6-3-2-4-7-17/h2-9,15,18H,10-14,16H2,1H3. The molecule has 1 saturated heterocycles. The average Bonchev–Trinajstić information content (AvgIpc) is 2.63. The van der Waals surface area contributed by atoms with Gasteiger partial charge in [-0.2, -0.15) is 0 Å². The van der Waals surface area contributed by atoms with Gasteiger partial charge in [0.2, 0.25) is 5.91 Å². The van der Waals surface area contributed by atoms with E-state index in [1.54, 1.807) is 7.11 Å². The maximum Gasteiger partial charge on any atom is 0.226 e. The molecule has 0 saturated carbocycles. The number of likely N-dealkylation sites (tertiary alicyclic amines) is 1. The quantitative estimate of drug-likeness (QED) is 0.839. The number of methoxy groups -OCH3 is 1. The number of hydrogen-bond donors (Lipinski definition) is 0. The molecule has 2 aromatic rings. The smallest absolute Gasteiger partial charge is 0.226 e. The molecule has 0 spiro atoms. The van der Waals surface area contributed by atoms with Crippen LogP contribution < -0.4 is 4.74 Å². The van der Waals surface area contributed by atoms with Crippen LogP contribution in [0.25, 0.3) is 0 Å². The second-order valence-corrected chi connectivity index (χ2v) is 6.54. The largest absolute Gasteiger partial charge is 0.497 e. The molecule has 1 aliphatic heterocycles. The molecular formula is C21H25NO2. The van der Waals surface area contributed by atoms with E-state index in [1.807, 2.05) is 29.2 Å². The predicted molar refractivity (Wildman–Crippen MR) is 96.1 cm³/mol. The molecular weight excluding hydrogens is 298 g/mol. The molecule has 2 aromatic carbocycles. The lowest BCUT2D eigenvalue weighted by atomic mass is 9.90. The van der Waals surface area contributed by atoms with Crippen molar-refractivity contribution in [2.24, 2.45) is 5.92 Å². The third-order valence-corrected chi connectivity index (χ3v) is 4.82. The number of piperidine rings is 1. The summed E-state index contributed by atoms with van der Waals surface area (Å²) in [6.45, 7) is 1.75. The fraction of sp³-hybridized carbons (Fsp3) is 0.381. The Kier molecular flexibility index (Phi) is 5.52. The van der Waals surface area contributed by atoms with Gasteiger partial charge in [0.25, 0.3) is 0 Å². The zero-order valence-electron chi connectivity index (χ0n) is 14.3. The first kappa shape index (κ1) is 16.6. The van der Waals surface area contributed by atoms with Gasteiger partial charge in [-0.05, 0) is 48.4 Å². The maximum atomic E-state index is 12.5. The lowest BCUT2D eigenvalue weighted by Gasteiger charge is -2.32. The molecule has 3 nitrogen and oxygen atoms in total. The van der Waals surface area contributed by atoms with Crippen LogP contribution in [0.1, 0.15) is 24.0 Å². The fourth-order valence-electron chi connectivity index (χ4n) is 3.40. The van der Waals surface area contributed by atoms with Crippen LogP contribution in [0.15, 0.2) is 54.6 Å². The van der Waals surface area contributed by atoms with Crippen molar-refractivity contribution in [3.63, 3.8) is 0 Å². The Bertz CT molecular complexity index is 661. The number of rotatable bonds is 5. The topological polar surface area (TPSA) is 29.5 Å². The third kappa shape index (κ3) is 4.38. The Morgan fingerprint density at radius 2 is 1.75 bits per heavy atom. The zero-order chi connectivity index (χ0) is 16.8. The van der Waals surface area contributed by atoms with Crippen LogP contribution in [0.3, 0.4) is 0 Å². The Hall–Kier alpha value is -2.29. The molecule has 126 valence electrons. The first-order valence-electron chi connectivity index (χ1n) is 8.69. The zero-order valence-corrected chi connectivity index (χ0v) is 14.3. The van der Waals surface area contributed by atoms with Crippen LogP contribution in [-0.4, -0.2) is 31.0 Å². The van der Waals surface area contributed by atoms with Gasteiger partial charge >= 0.3 is 0 Å². The molecule has 1 fully saturated rings. The molecule has 0 atom stereocenters. The van der Waals surface area contributed by atoms with Gasteiger partial charge in [0.1, 0.15) is 5.75 Å². The number of nitrogens with zero attached hydrogens (tertiary/aromatic N) is 1. The summed E-state index contributed by atoms with van der Waals surface area (Å²) in [6.07, 6.45) is 3.77. The van der Waals surface area contributed by atoms with E-state index in [4.69, 9.17) is 4.74 Å². The summed E-state index contributed by atoms with van der Waals surface area (Å²) >= 11 is 0. The molecule has 0 N–H and O–H groups in total. The highest BCUT2D eigenvalue weighted by molar-refractivity contribution is 5.79. The lowest BCUT2D eigenvalue weighted by Crippen LogP contribution is -2.39. The normalized spacial score (nSPS) is 15.3. The van der Waals surface area contributed by atoms with E-state index in [0.29, 0.717) is 12.3 Å². The van der Waals surface area contributed by atoms with Crippen molar-refractivity contribution < 1.29 is 9.53 Å². The SMILES string of the molecule is COc1cccc(CC(=O)N2CCC(Cc3ccccc3)CC2)c1. The Balaban J connectivity index is 1.49. The summed E-state index contributed by atoms with van der Waals surface area (Å²) < 4.78 is 5.23. The van der Waals surface area contributed by atoms with Crippen LogP contribution in [0, 0.1) is 5.92 Å². The van der Waals surface area contributed by atoms with Crippen LogP contribution >= 0.6 is 0 Å². The number of ether oxygens (including phenoxy) is 1. The van der Waals surface area contributed by atoms with Crippen molar-refractivity contribution in [3.05, 3.63) is 65.7 Å². The number of carbonyl (C=O) groups excluding carboxylic acids is 1. The van der Waals surface area contributed by atoms with E-state index in [2.05, 4.69) is 30.3 Å². The second-order valence-electron chi connectivity index (χ2n) is 6.54. The van der Waals surface area contributed by atoms with Crippen LogP contribution in [0.4, 0.5) is 0 Å². The van der Waals surface area contributed by atoms with Gasteiger partial charge < -0.3 is 9.64 Å². The fourth-order valence-corrected chi connectivity index (χ4v) is 3.40. The number of benzene rings is 2. The second kappa shape index (κ2) is 8.00. The summed E-state index contributed by atoms with van der Waals surface area (Å²) in [5.41, 5.74) is 2.42. The monoisotopic (exact) mass is 323 g/mol. The first-order valence-corrected chi connectivity index (χ1v) is 8.69. The van der Waals surface area contributed by atoms with E-state index >= 15 is 0 Å². The maximum absolute atomic E-state index is 12.5. The molecule has 3 rings (SSSR count). The highest BCUT2D eigenvalue weighted by Gasteiger charge is 2.23. The van der Waals surface area contributed by atoms with Crippen LogP contribution in [0.2, 0.25) is 0 Å². The molecule has 0 unspecified atom stereocenters. The summed E-state index contributed by atoms with van der Waals surface area (Å²) in [5, 5.41) is 0. The van der Waals surface area contributed by atoms with Gasteiger partial charge in [-0.1, -0.05) is 42.5 Å². The van der Waals surface area contributed by atoms with Gasteiger partial charge in [0.05, 0.1) is 13.5 Å². The Labute approximate surface area is 144 Å². The molecule has 24 heavy (non-hydrogen) atoms. The Morgan fingerprint density at radius 3 is 2.46 bits per heavy atom. The van der Waals surface area contributed by atoms with E-state index < -0.39 is 0 Å². The predicted octanol–water partition coefficient (Wildman–Crippen LogP) is 3.72. The van der Waals surface area contributed by atoms with Crippen molar-refractivity contribution in [2.45, 2.75) is 25.7 Å². The Morgan fingerprint density at radius 1 is 1.04 bits per heavy atom. The van der Waals surface area contributed by atoms with Crippen molar-refractivity contribution in [1.29, 1.82) is 0 Å². The van der Waals surface area contributed by atoms with E-state index in [1.165, 1.54) is 5.56 Å².